The molecular formula is C19H26N2O4S. The fourth-order valence-electron chi connectivity index (χ4n) is 3.72. The lowest BCUT2D eigenvalue weighted by atomic mass is 9.72. The van der Waals surface area contributed by atoms with Crippen molar-refractivity contribution in [2.75, 3.05) is 7.11 Å². The number of hydrogen-bond donors (Lipinski definition) is 1. The molecule has 142 valence electrons. The van der Waals surface area contributed by atoms with Crippen LogP contribution in [0.25, 0.3) is 10.2 Å². The second-order valence-electron chi connectivity index (χ2n) is 8.08. The Morgan fingerprint density at radius 1 is 1.35 bits per heavy atom. The molecule has 0 spiro atoms. The number of aromatic amines is 1. The standard InChI is InChI=1S/C19H26N2O4S/c1-19(2,3)11-7-8-12-13(10-11)26-16-15(12)17(23)21(18(24)20-16)9-5-6-14(22)25-4/h11H,5-10H2,1-4H3,(H,20,24). The molecule has 1 N–H and O–H groups in total. The van der Waals surface area contributed by atoms with Gasteiger partial charge in [0, 0.05) is 17.8 Å². The molecule has 7 heteroatoms. The lowest BCUT2D eigenvalue weighted by Crippen LogP contribution is -2.35. The molecule has 3 rings (SSSR count). The third kappa shape index (κ3) is 3.49. The first-order valence-corrected chi connectivity index (χ1v) is 9.88. The van der Waals surface area contributed by atoms with Crippen LogP contribution in [-0.4, -0.2) is 22.6 Å². The van der Waals surface area contributed by atoms with Crippen molar-refractivity contribution in [2.24, 2.45) is 11.3 Å². The summed E-state index contributed by atoms with van der Waals surface area (Å²) in [5.74, 6) is 0.244. The van der Waals surface area contributed by atoms with Crippen molar-refractivity contribution < 1.29 is 9.53 Å². The normalized spacial score (nSPS) is 17.3. The smallest absolute Gasteiger partial charge is 0.329 e. The van der Waals surface area contributed by atoms with Crippen LogP contribution in [0.3, 0.4) is 0 Å². The molecule has 0 amide bonds. The van der Waals surface area contributed by atoms with Crippen LogP contribution in [0, 0.1) is 11.3 Å². The van der Waals surface area contributed by atoms with Crippen molar-refractivity contribution in [3.63, 3.8) is 0 Å². The van der Waals surface area contributed by atoms with Gasteiger partial charge in [-0.2, -0.15) is 0 Å². The minimum atomic E-state index is -0.404. The topological polar surface area (TPSA) is 81.2 Å². The quantitative estimate of drug-likeness (QED) is 0.830. The second kappa shape index (κ2) is 7.02. The van der Waals surface area contributed by atoms with Gasteiger partial charge in [0.1, 0.15) is 4.83 Å². The molecule has 6 nitrogen and oxygen atoms in total. The van der Waals surface area contributed by atoms with Gasteiger partial charge in [-0.05, 0) is 42.6 Å². The summed E-state index contributed by atoms with van der Waals surface area (Å²) in [5.41, 5.74) is 0.696. The monoisotopic (exact) mass is 378 g/mol. The van der Waals surface area contributed by atoms with Crippen molar-refractivity contribution in [1.82, 2.24) is 9.55 Å². The molecular weight excluding hydrogens is 352 g/mol. The Balaban J connectivity index is 1.96. The molecule has 0 saturated heterocycles. The summed E-state index contributed by atoms with van der Waals surface area (Å²) < 4.78 is 5.82. The Morgan fingerprint density at radius 3 is 2.73 bits per heavy atom. The van der Waals surface area contributed by atoms with Crippen LogP contribution in [0.4, 0.5) is 0 Å². The van der Waals surface area contributed by atoms with E-state index in [1.54, 1.807) is 11.3 Å². The predicted molar refractivity (Wildman–Crippen MR) is 103 cm³/mol. The van der Waals surface area contributed by atoms with Gasteiger partial charge >= 0.3 is 11.7 Å². The average Bonchev–Trinajstić information content (AvgIpc) is 2.93. The molecule has 2 aromatic heterocycles. The summed E-state index contributed by atoms with van der Waals surface area (Å²) in [5, 5.41) is 0.662. The van der Waals surface area contributed by atoms with Crippen molar-refractivity contribution in [1.29, 1.82) is 0 Å². The third-order valence-corrected chi connectivity index (χ3v) is 6.57. The van der Waals surface area contributed by atoms with E-state index in [-0.39, 0.29) is 29.9 Å². The van der Waals surface area contributed by atoms with Crippen LogP contribution in [0.2, 0.25) is 0 Å². The van der Waals surface area contributed by atoms with Gasteiger partial charge in [-0.1, -0.05) is 20.8 Å². The molecule has 0 radical (unpaired) electrons. The van der Waals surface area contributed by atoms with E-state index in [4.69, 9.17) is 0 Å². The number of aromatic nitrogens is 2. The zero-order valence-electron chi connectivity index (χ0n) is 15.8. The van der Waals surface area contributed by atoms with E-state index >= 15 is 0 Å². The van der Waals surface area contributed by atoms with Crippen LogP contribution < -0.4 is 11.2 Å². The maximum Gasteiger partial charge on any atom is 0.329 e. The number of nitrogens with one attached hydrogen (secondary N) is 1. The summed E-state index contributed by atoms with van der Waals surface area (Å²) in [6.07, 6.45) is 3.49. The van der Waals surface area contributed by atoms with Crippen molar-refractivity contribution in [2.45, 2.75) is 59.4 Å². The van der Waals surface area contributed by atoms with Gasteiger partial charge in [-0.15, -0.1) is 11.3 Å². The largest absolute Gasteiger partial charge is 0.469 e. The molecule has 0 fully saturated rings. The van der Waals surface area contributed by atoms with E-state index in [2.05, 4.69) is 30.5 Å². The number of methoxy groups -OCH3 is 1. The third-order valence-electron chi connectivity index (χ3n) is 5.40. The van der Waals surface area contributed by atoms with E-state index in [1.807, 2.05) is 0 Å². The number of hydrogen-bond acceptors (Lipinski definition) is 5. The van der Waals surface area contributed by atoms with Crippen molar-refractivity contribution >= 4 is 27.5 Å². The number of fused-ring (bicyclic) bond motifs is 3. The fourth-order valence-corrected chi connectivity index (χ4v) is 5.03. The van der Waals surface area contributed by atoms with Gasteiger partial charge in [-0.3, -0.25) is 19.1 Å². The molecule has 1 atom stereocenters. The molecule has 1 aliphatic rings. The molecule has 2 heterocycles. The highest BCUT2D eigenvalue weighted by atomic mass is 32.1. The zero-order valence-corrected chi connectivity index (χ0v) is 16.6. The van der Waals surface area contributed by atoms with Gasteiger partial charge in [0.05, 0.1) is 12.5 Å². The second-order valence-corrected chi connectivity index (χ2v) is 9.19. The number of H-pyrrole nitrogens is 1. The molecule has 2 aromatic rings. The lowest BCUT2D eigenvalue weighted by Gasteiger charge is -2.33. The van der Waals surface area contributed by atoms with Gasteiger partial charge < -0.3 is 4.74 Å². The summed E-state index contributed by atoms with van der Waals surface area (Å²) >= 11 is 1.55. The molecule has 0 aliphatic heterocycles. The number of carbonyl (C=O) groups is 1. The van der Waals surface area contributed by atoms with Crippen molar-refractivity contribution in [3.8, 4) is 0 Å². The highest BCUT2D eigenvalue weighted by Gasteiger charge is 2.31. The Morgan fingerprint density at radius 2 is 2.08 bits per heavy atom. The van der Waals surface area contributed by atoms with Crippen LogP contribution in [0.15, 0.2) is 9.59 Å². The maximum absolute atomic E-state index is 12.9. The van der Waals surface area contributed by atoms with Crippen LogP contribution in [-0.2, 0) is 28.9 Å². The molecule has 0 aromatic carbocycles. The van der Waals surface area contributed by atoms with Gasteiger partial charge in [0.15, 0.2) is 0 Å². The SMILES string of the molecule is COC(=O)CCCn1c(=O)[nH]c2sc3c(c2c1=O)CCC(C(C)(C)C)C3. The summed E-state index contributed by atoms with van der Waals surface area (Å²) in [6, 6.07) is 0. The highest BCUT2D eigenvalue weighted by molar-refractivity contribution is 7.18. The minimum Gasteiger partial charge on any atom is -0.469 e. The first kappa shape index (κ1) is 18.9. The van der Waals surface area contributed by atoms with Gasteiger partial charge in [-0.25, -0.2) is 4.79 Å². The number of rotatable bonds is 4. The van der Waals surface area contributed by atoms with Crippen LogP contribution >= 0.6 is 11.3 Å². The van der Waals surface area contributed by atoms with Crippen LogP contribution in [0.5, 0.6) is 0 Å². The Labute approximate surface area is 156 Å². The predicted octanol–water partition coefficient (Wildman–Crippen LogP) is 2.86. The number of nitrogens with zero attached hydrogens (tertiary/aromatic N) is 1. The lowest BCUT2D eigenvalue weighted by molar-refractivity contribution is -0.140. The Bertz CT molecular complexity index is 945. The highest BCUT2D eigenvalue weighted by Crippen LogP contribution is 2.41. The first-order chi connectivity index (χ1) is 12.2. The number of ether oxygens (including phenoxy) is 1. The van der Waals surface area contributed by atoms with E-state index in [9.17, 15) is 14.4 Å². The van der Waals surface area contributed by atoms with E-state index in [1.165, 1.54) is 16.6 Å². The van der Waals surface area contributed by atoms with Crippen molar-refractivity contribution in [3.05, 3.63) is 31.3 Å². The number of esters is 1. The fraction of sp³-hybridized carbons (Fsp3) is 0.632. The van der Waals surface area contributed by atoms with Crippen LogP contribution in [0.1, 0.15) is 50.5 Å². The van der Waals surface area contributed by atoms with Gasteiger partial charge in [0.2, 0.25) is 0 Å². The Kier molecular flexibility index (Phi) is 5.10. The number of thiophene rings is 1. The molecule has 1 aliphatic carbocycles. The molecule has 1 unspecified atom stereocenters. The van der Waals surface area contributed by atoms with Gasteiger partial charge in [0.25, 0.3) is 5.56 Å². The Hall–Kier alpha value is -1.89. The summed E-state index contributed by atoms with van der Waals surface area (Å²) in [4.78, 5) is 41.3. The summed E-state index contributed by atoms with van der Waals surface area (Å²) in [7, 11) is 1.33. The zero-order chi connectivity index (χ0) is 19.1. The maximum atomic E-state index is 12.9. The summed E-state index contributed by atoms with van der Waals surface area (Å²) in [6.45, 7) is 6.99. The minimum absolute atomic E-state index is 0.190. The number of carbonyl (C=O) groups excluding carboxylic acids is 1. The number of aryl methyl sites for hydroxylation is 1. The van der Waals surface area contributed by atoms with E-state index in [0.717, 1.165) is 24.8 Å². The van der Waals surface area contributed by atoms with E-state index < -0.39 is 5.69 Å². The first-order valence-electron chi connectivity index (χ1n) is 9.06. The molecule has 0 bridgehead atoms. The molecule has 26 heavy (non-hydrogen) atoms. The van der Waals surface area contributed by atoms with E-state index in [0.29, 0.717) is 22.6 Å². The molecule has 0 saturated carbocycles. The average molecular weight is 378 g/mol.